The van der Waals surface area contributed by atoms with E-state index in [1.54, 1.807) is 25.8 Å². The van der Waals surface area contributed by atoms with Gasteiger partial charge in [0, 0.05) is 22.9 Å². The van der Waals surface area contributed by atoms with Gasteiger partial charge in [0.25, 0.3) is 0 Å². The Morgan fingerprint density at radius 2 is 1.90 bits per heavy atom. The Bertz CT molecular complexity index is 960. The molecule has 0 radical (unpaired) electrons. The molecule has 6 nitrogen and oxygen atoms in total. The van der Waals surface area contributed by atoms with E-state index in [4.69, 9.17) is 21.1 Å². The van der Waals surface area contributed by atoms with E-state index in [9.17, 15) is 4.79 Å². The van der Waals surface area contributed by atoms with Gasteiger partial charge in [-0.1, -0.05) is 35.5 Å². The number of esters is 1. The molecule has 3 aromatic rings. The fraction of sp³-hybridized carbons (Fsp3) is 0.286. The van der Waals surface area contributed by atoms with Crippen LogP contribution in [0, 0.1) is 0 Å². The Balaban J connectivity index is 1.90. The predicted octanol–water partition coefficient (Wildman–Crippen LogP) is 5.03. The monoisotopic (exact) mass is 431 g/mol. The van der Waals surface area contributed by atoms with E-state index in [-0.39, 0.29) is 5.97 Å². The molecule has 2 aromatic carbocycles. The van der Waals surface area contributed by atoms with Gasteiger partial charge in [0.15, 0.2) is 11.0 Å². The van der Waals surface area contributed by atoms with Crippen LogP contribution in [-0.2, 0) is 9.53 Å². The van der Waals surface area contributed by atoms with Crippen LogP contribution in [0.4, 0.5) is 0 Å². The van der Waals surface area contributed by atoms with Crippen molar-refractivity contribution in [1.82, 2.24) is 14.8 Å². The quantitative estimate of drug-likeness (QED) is 0.269. The number of para-hydroxylation sites is 1. The van der Waals surface area contributed by atoms with Crippen molar-refractivity contribution >= 4 is 29.3 Å². The maximum Gasteiger partial charge on any atom is 0.305 e. The number of nitrogens with zero attached hydrogens (tertiary/aromatic N) is 3. The molecule has 3 rings (SSSR count). The van der Waals surface area contributed by atoms with Crippen LogP contribution in [0.25, 0.3) is 17.1 Å². The second kappa shape index (κ2) is 10.3. The fourth-order valence-corrected chi connectivity index (χ4v) is 3.82. The van der Waals surface area contributed by atoms with Crippen molar-refractivity contribution in [3.8, 4) is 22.8 Å². The van der Waals surface area contributed by atoms with E-state index in [1.165, 1.54) is 0 Å². The Morgan fingerprint density at radius 3 is 2.62 bits per heavy atom. The first kappa shape index (κ1) is 21.2. The molecule has 8 heteroatoms. The molecular weight excluding hydrogens is 410 g/mol. The van der Waals surface area contributed by atoms with Crippen LogP contribution in [0.15, 0.2) is 53.7 Å². The summed E-state index contributed by atoms with van der Waals surface area (Å²) in [7, 11) is 1.63. The molecular formula is C21H22ClN3O3S. The first-order chi connectivity index (χ1) is 14.1. The number of hydrogen-bond acceptors (Lipinski definition) is 6. The predicted molar refractivity (Wildman–Crippen MR) is 115 cm³/mol. The van der Waals surface area contributed by atoms with Crippen LogP contribution >= 0.6 is 23.4 Å². The normalized spacial score (nSPS) is 10.7. The van der Waals surface area contributed by atoms with E-state index in [2.05, 4.69) is 10.2 Å². The summed E-state index contributed by atoms with van der Waals surface area (Å²) in [6.07, 6.45) is 1.08. The molecule has 0 N–H and O–H groups in total. The number of benzene rings is 2. The topological polar surface area (TPSA) is 66.2 Å². The molecule has 29 heavy (non-hydrogen) atoms. The SMILES string of the molecule is CCOC(=O)CCCSc1nnc(-c2ccccc2OC)n1-c1ccc(Cl)cc1. The van der Waals surface area contributed by atoms with Crippen LogP contribution in [0.3, 0.4) is 0 Å². The van der Waals surface area contributed by atoms with E-state index in [1.807, 2.05) is 53.1 Å². The van der Waals surface area contributed by atoms with Gasteiger partial charge in [-0.15, -0.1) is 10.2 Å². The van der Waals surface area contributed by atoms with Gasteiger partial charge < -0.3 is 9.47 Å². The third-order valence-corrected chi connectivity index (χ3v) is 5.39. The van der Waals surface area contributed by atoms with Crippen LogP contribution in [0.1, 0.15) is 19.8 Å². The maximum atomic E-state index is 11.5. The van der Waals surface area contributed by atoms with E-state index >= 15 is 0 Å². The molecule has 0 atom stereocenters. The summed E-state index contributed by atoms with van der Waals surface area (Å²) in [5.74, 6) is 1.94. The second-order valence-electron chi connectivity index (χ2n) is 6.08. The Labute approximate surface area is 179 Å². The number of halogens is 1. The van der Waals surface area contributed by atoms with Crippen molar-refractivity contribution in [2.45, 2.75) is 24.9 Å². The van der Waals surface area contributed by atoms with Gasteiger partial charge in [-0.2, -0.15) is 0 Å². The zero-order chi connectivity index (χ0) is 20.6. The molecule has 0 aliphatic rings. The number of aromatic nitrogens is 3. The van der Waals surface area contributed by atoms with E-state index < -0.39 is 0 Å². The van der Waals surface area contributed by atoms with Crippen molar-refractivity contribution in [2.75, 3.05) is 19.5 Å². The molecule has 0 bridgehead atoms. The summed E-state index contributed by atoms with van der Waals surface area (Å²) >= 11 is 7.61. The molecule has 0 saturated heterocycles. The highest BCUT2D eigenvalue weighted by Crippen LogP contribution is 2.33. The number of methoxy groups -OCH3 is 1. The minimum atomic E-state index is -0.179. The largest absolute Gasteiger partial charge is 0.496 e. The number of hydrogen-bond donors (Lipinski definition) is 0. The smallest absolute Gasteiger partial charge is 0.305 e. The summed E-state index contributed by atoms with van der Waals surface area (Å²) in [6, 6.07) is 15.2. The lowest BCUT2D eigenvalue weighted by Crippen LogP contribution is -2.04. The molecule has 0 spiro atoms. The first-order valence-electron chi connectivity index (χ1n) is 9.27. The van der Waals surface area contributed by atoms with Crippen molar-refractivity contribution in [2.24, 2.45) is 0 Å². The number of rotatable bonds is 9. The van der Waals surface area contributed by atoms with Crippen molar-refractivity contribution in [3.63, 3.8) is 0 Å². The van der Waals surface area contributed by atoms with E-state index in [0.29, 0.717) is 36.0 Å². The summed E-state index contributed by atoms with van der Waals surface area (Å²) in [6.45, 7) is 2.21. The van der Waals surface area contributed by atoms with Gasteiger partial charge in [0.05, 0.1) is 19.3 Å². The highest BCUT2D eigenvalue weighted by molar-refractivity contribution is 7.99. The number of carbonyl (C=O) groups is 1. The maximum absolute atomic E-state index is 11.5. The lowest BCUT2D eigenvalue weighted by molar-refractivity contribution is -0.143. The minimum absolute atomic E-state index is 0.179. The molecule has 0 unspecified atom stereocenters. The average Bonchev–Trinajstić information content (AvgIpc) is 3.15. The van der Waals surface area contributed by atoms with Crippen LogP contribution < -0.4 is 4.74 Å². The molecule has 0 fully saturated rings. The highest BCUT2D eigenvalue weighted by Gasteiger charge is 2.19. The lowest BCUT2D eigenvalue weighted by Gasteiger charge is -2.12. The lowest BCUT2D eigenvalue weighted by atomic mass is 10.2. The molecule has 0 amide bonds. The van der Waals surface area contributed by atoms with Crippen molar-refractivity contribution in [3.05, 3.63) is 53.6 Å². The van der Waals surface area contributed by atoms with Gasteiger partial charge in [-0.3, -0.25) is 9.36 Å². The van der Waals surface area contributed by atoms with Crippen LogP contribution in [0.5, 0.6) is 5.75 Å². The first-order valence-corrected chi connectivity index (χ1v) is 10.6. The van der Waals surface area contributed by atoms with Gasteiger partial charge in [-0.05, 0) is 49.7 Å². The minimum Gasteiger partial charge on any atom is -0.496 e. The average molecular weight is 432 g/mol. The third-order valence-electron chi connectivity index (χ3n) is 4.13. The Kier molecular flexibility index (Phi) is 7.55. The molecule has 0 aliphatic carbocycles. The van der Waals surface area contributed by atoms with Crippen molar-refractivity contribution < 1.29 is 14.3 Å². The summed E-state index contributed by atoms with van der Waals surface area (Å²) in [5, 5.41) is 10.2. The van der Waals surface area contributed by atoms with E-state index in [0.717, 1.165) is 22.2 Å². The molecule has 0 saturated carbocycles. The highest BCUT2D eigenvalue weighted by atomic mass is 35.5. The summed E-state index contributed by atoms with van der Waals surface area (Å²) < 4.78 is 12.5. The van der Waals surface area contributed by atoms with Gasteiger partial charge >= 0.3 is 5.97 Å². The van der Waals surface area contributed by atoms with Gasteiger partial charge in [0.1, 0.15) is 5.75 Å². The number of carbonyl (C=O) groups excluding carboxylic acids is 1. The zero-order valence-electron chi connectivity index (χ0n) is 16.3. The molecule has 1 heterocycles. The third kappa shape index (κ3) is 5.31. The van der Waals surface area contributed by atoms with Gasteiger partial charge in [-0.25, -0.2) is 0 Å². The molecule has 1 aromatic heterocycles. The van der Waals surface area contributed by atoms with Gasteiger partial charge in [0.2, 0.25) is 0 Å². The van der Waals surface area contributed by atoms with Crippen LogP contribution in [-0.4, -0.2) is 40.2 Å². The second-order valence-corrected chi connectivity index (χ2v) is 7.57. The Hall–Kier alpha value is -2.51. The summed E-state index contributed by atoms with van der Waals surface area (Å²) in [5.41, 5.74) is 1.74. The number of ether oxygens (including phenoxy) is 2. The van der Waals surface area contributed by atoms with Crippen LogP contribution in [0.2, 0.25) is 5.02 Å². The summed E-state index contributed by atoms with van der Waals surface area (Å²) in [4.78, 5) is 11.5. The Morgan fingerprint density at radius 1 is 1.14 bits per heavy atom. The van der Waals surface area contributed by atoms with Crippen molar-refractivity contribution in [1.29, 1.82) is 0 Å². The molecule has 0 aliphatic heterocycles. The zero-order valence-corrected chi connectivity index (χ0v) is 17.9. The molecule has 152 valence electrons. The standard InChI is InChI=1S/C21H22ClN3O3S/c1-3-28-19(26)9-6-14-29-21-24-23-20(17-7-4-5-8-18(17)27-2)25(21)16-12-10-15(22)11-13-16/h4-5,7-8,10-13H,3,6,9,14H2,1-2H3. The number of thioether (sulfide) groups is 1. The fourth-order valence-electron chi connectivity index (χ4n) is 2.80.